The summed E-state index contributed by atoms with van der Waals surface area (Å²) >= 11 is 1.61. The number of nitrogens with one attached hydrogen (secondary N) is 1. The van der Waals surface area contributed by atoms with E-state index in [9.17, 15) is 9.59 Å². The standard InChI is InChI=1S/C13H12N2O3S/c16-12(4-3-10-2-1-7-19-10)15-9-5-6-14-11(8-9)13(17)18/h1-2,5-8H,3-4H2,(H,17,18)(H,14,15,16). The summed E-state index contributed by atoms with van der Waals surface area (Å²) in [5.74, 6) is -1.26. The smallest absolute Gasteiger partial charge is 0.354 e. The fourth-order valence-corrected chi connectivity index (χ4v) is 2.25. The fraction of sp³-hybridized carbons (Fsp3) is 0.154. The van der Waals surface area contributed by atoms with Crippen molar-refractivity contribution in [2.75, 3.05) is 5.32 Å². The number of thiophene rings is 1. The van der Waals surface area contributed by atoms with Crippen LogP contribution >= 0.6 is 11.3 Å². The van der Waals surface area contributed by atoms with Crippen molar-refractivity contribution in [2.24, 2.45) is 0 Å². The second kappa shape index (κ2) is 6.10. The van der Waals surface area contributed by atoms with E-state index in [1.807, 2.05) is 17.5 Å². The number of carboxylic acids is 1. The Bertz CT molecular complexity index is 581. The summed E-state index contributed by atoms with van der Waals surface area (Å²) in [5.41, 5.74) is 0.361. The molecule has 0 aliphatic carbocycles. The zero-order chi connectivity index (χ0) is 13.7. The van der Waals surface area contributed by atoms with Crippen molar-refractivity contribution in [3.8, 4) is 0 Å². The average molecular weight is 276 g/mol. The molecule has 98 valence electrons. The average Bonchev–Trinajstić information content (AvgIpc) is 2.90. The normalized spacial score (nSPS) is 10.1. The van der Waals surface area contributed by atoms with Crippen LogP contribution in [-0.4, -0.2) is 22.0 Å². The van der Waals surface area contributed by atoms with Crippen LogP contribution in [0.5, 0.6) is 0 Å². The van der Waals surface area contributed by atoms with Crippen LogP contribution < -0.4 is 5.32 Å². The number of aromatic carboxylic acids is 1. The van der Waals surface area contributed by atoms with Gasteiger partial charge in [0.15, 0.2) is 0 Å². The van der Waals surface area contributed by atoms with Gasteiger partial charge in [0.25, 0.3) is 0 Å². The molecule has 2 aromatic rings. The number of anilines is 1. The first kappa shape index (κ1) is 13.2. The second-order valence-electron chi connectivity index (χ2n) is 3.86. The van der Waals surface area contributed by atoms with Gasteiger partial charge in [-0.15, -0.1) is 11.3 Å². The topological polar surface area (TPSA) is 79.3 Å². The van der Waals surface area contributed by atoms with Gasteiger partial charge in [-0.2, -0.15) is 0 Å². The third-order valence-electron chi connectivity index (χ3n) is 2.44. The third kappa shape index (κ3) is 3.89. The number of carboxylic acid groups (broad SMARTS) is 1. The molecule has 0 saturated carbocycles. The molecule has 0 atom stereocenters. The molecule has 0 aromatic carbocycles. The predicted octanol–water partition coefficient (Wildman–Crippen LogP) is 2.41. The van der Waals surface area contributed by atoms with Crippen molar-refractivity contribution in [1.82, 2.24) is 4.98 Å². The number of hydrogen-bond donors (Lipinski definition) is 2. The first-order valence-electron chi connectivity index (χ1n) is 5.67. The van der Waals surface area contributed by atoms with E-state index >= 15 is 0 Å². The molecule has 6 heteroatoms. The summed E-state index contributed by atoms with van der Waals surface area (Å²) in [7, 11) is 0. The van der Waals surface area contributed by atoms with Crippen LogP contribution in [0, 0.1) is 0 Å². The molecule has 0 bridgehead atoms. The Labute approximate surface area is 113 Å². The van der Waals surface area contributed by atoms with Crippen LogP contribution in [0.15, 0.2) is 35.8 Å². The van der Waals surface area contributed by atoms with Gasteiger partial charge in [-0.1, -0.05) is 6.07 Å². The van der Waals surface area contributed by atoms with E-state index in [1.165, 1.54) is 12.3 Å². The van der Waals surface area contributed by atoms with Crippen LogP contribution in [0.4, 0.5) is 5.69 Å². The Morgan fingerprint density at radius 2 is 2.21 bits per heavy atom. The number of pyridine rings is 1. The number of aromatic nitrogens is 1. The molecule has 2 rings (SSSR count). The second-order valence-corrected chi connectivity index (χ2v) is 4.89. The van der Waals surface area contributed by atoms with Crippen LogP contribution in [-0.2, 0) is 11.2 Å². The molecule has 1 amide bonds. The Kier molecular flexibility index (Phi) is 4.25. The van der Waals surface area contributed by atoms with E-state index in [2.05, 4.69) is 10.3 Å². The van der Waals surface area contributed by atoms with Gasteiger partial charge in [0.1, 0.15) is 5.69 Å². The van der Waals surface area contributed by atoms with E-state index in [0.29, 0.717) is 18.5 Å². The zero-order valence-electron chi connectivity index (χ0n) is 10.00. The fourth-order valence-electron chi connectivity index (χ4n) is 1.54. The van der Waals surface area contributed by atoms with Crippen LogP contribution in [0.3, 0.4) is 0 Å². The maximum atomic E-state index is 11.7. The van der Waals surface area contributed by atoms with Crippen molar-refractivity contribution in [2.45, 2.75) is 12.8 Å². The van der Waals surface area contributed by atoms with Crippen molar-refractivity contribution in [3.05, 3.63) is 46.4 Å². The van der Waals surface area contributed by atoms with Crippen LogP contribution in [0.25, 0.3) is 0 Å². The van der Waals surface area contributed by atoms with Gasteiger partial charge in [-0.3, -0.25) is 4.79 Å². The number of amides is 1. The van der Waals surface area contributed by atoms with Gasteiger partial charge in [-0.05, 0) is 30.0 Å². The predicted molar refractivity (Wildman–Crippen MR) is 72.5 cm³/mol. The van der Waals surface area contributed by atoms with E-state index < -0.39 is 5.97 Å². The molecule has 0 radical (unpaired) electrons. The van der Waals surface area contributed by atoms with E-state index in [1.54, 1.807) is 17.4 Å². The maximum Gasteiger partial charge on any atom is 0.354 e. The number of nitrogens with zero attached hydrogens (tertiary/aromatic N) is 1. The zero-order valence-corrected chi connectivity index (χ0v) is 10.8. The van der Waals surface area contributed by atoms with Gasteiger partial charge < -0.3 is 10.4 Å². The molecule has 5 nitrogen and oxygen atoms in total. The Balaban J connectivity index is 1.91. The summed E-state index contributed by atoms with van der Waals surface area (Å²) in [4.78, 5) is 27.3. The third-order valence-corrected chi connectivity index (χ3v) is 3.38. The molecule has 0 unspecified atom stereocenters. The molecule has 2 aromatic heterocycles. The summed E-state index contributed by atoms with van der Waals surface area (Å²) in [6.45, 7) is 0. The van der Waals surface area contributed by atoms with Crippen molar-refractivity contribution in [1.29, 1.82) is 0 Å². The highest BCUT2D eigenvalue weighted by molar-refractivity contribution is 7.09. The van der Waals surface area contributed by atoms with E-state index in [-0.39, 0.29) is 11.6 Å². The van der Waals surface area contributed by atoms with Gasteiger partial charge in [-0.25, -0.2) is 9.78 Å². The number of rotatable bonds is 5. The maximum absolute atomic E-state index is 11.7. The lowest BCUT2D eigenvalue weighted by atomic mass is 10.2. The van der Waals surface area contributed by atoms with Crippen molar-refractivity contribution in [3.63, 3.8) is 0 Å². The molecule has 2 N–H and O–H groups in total. The molecule has 2 heterocycles. The molecule has 0 spiro atoms. The lowest BCUT2D eigenvalue weighted by molar-refractivity contribution is -0.116. The minimum Gasteiger partial charge on any atom is -0.477 e. The van der Waals surface area contributed by atoms with Gasteiger partial charge in [0.05, 0.1) is 0 Å². The summed E-state index contributed by atoms with van der Waals surface area (Å²) < 4.78 is 0. The Morgan fingerprint density at radius 1 is 1.37 bits per heavy atom. The van der Waals surface area contributed by atoms with Gasteiger partial charge >= 0.3 is 5.97 Å². The minimum atomic E-state index is -1.12. The molecule has 0 saturated heterocycles. The highest BCUT2D eigenvalue weighted by Gasteiger charge is 2.07. The Hall–Kier alpha value is -2.21. The minimum absolute atomic E-state index is 0.0870. The van der Waals surface area contributed by atoms with Gasteiger partial charge in [0.2, 0.25) is 5.91 Å². The highest BCUT2D eigenvalue weighted by atomic mass is 32.1. The lowest BCUT2D eigenvalue weighted by Crippen LogP contribution is -2.13. The number of carbonyl (C=O) groups excluding carboxylic acids is 1. The molecule has 19 heavy (non-hydrogen) atoms. The monoisotopic (exact) mass is 276 g/mol. The number of carbonyl (C=O) groups is 2. The van der Waals surface area contributed by atoms with Crippen molar-refractivity contribution < 1.29 is 14.7 Å². The molecular formula is C13H12N2O3S. The van der Waals surface area contributed by atoms with Crippen LogP contribution in [0.1, 0.15) is 21.8 Å². The summed E-state index contributed by atoms with van der Waals surface area (Å²) in [6, 6.07) is 6.83. The largest absolute Gasteiger partial charge is 0.477 e. The van der Waals surface area contributed by atoms with Crippen LogP contribution in [0.2, 0.25) is 0 Å². The first-order valence-corrected chi connectivity index (χ1v) is 6.54. The van der Waals surface area contributed by atoms with E-state index in [0.717, 1.165) is 4.88 Å². The number of hydrogen-bond acceptors (Lipinski definition) is 4. The molecule has 0 aliphatic heterocycles. The SMILES string of the molecule is O=C(CCc1cccs1)Nc1ccnc(C(=O)O)c1. The summed E-state index contributed by atoms with van der Waals surface area (Å²) in [5, 5.41) is 13.4. The quantitative estimate of drug-likeness (QED) is 0.879. The molecule has 0 aliphatic rings. The van der Waals surface area contributed by atoms with E-state index in [4.69, 9.17) is 5.11 Å². The van der Waals surface area contributed by atoms with Gasteiger partial charge in [0, 0.05) is 23.2 Å². The van der Waals surface area contributed by atoms with Crippen molar-refractivity contribution >= 4 is 28.9 Å². The lowest BCUT2D eigenvalue weighted by Gasteiger charge is -2.05. The molecular weight excluding hydrogens is 264 g/mol. The Morgan fingerprint density at radius 3 is 2.89 bits per heavy atom. The first-order chi connectivity index (χ1) is 9.15. The molecule has 0 fully saturated rings. The highest BCUT2D eigenvalue weighted by Crippen LogP contribution is 2.12. The summed E-state index contributed by atoms with van der Waals surface area (Å²) in [6.07, 6.45) is 2.41. The number of aryl methyl sites for hydroxylation is 1.